The van der Waals surface area contributed by atoms with Gasteiger partial charge in [0.1, 0.15) is 0 Å². The van der Waals surface area contributed by atoms with Gasteiger partial charge in [0.15, 0.2) is 0 Å². The molecule has 0 bridgehead atoms. The van der Waals surface area contributed by atoms with E-state index in [4.69, 9.17) is 10.2 Å². The summed E-state index contributed by atoms with van der Waals surface area (Å²) in [7, 11) is 0. The summed E-state index contributed by atoms with van der Waals surface area (Å²) in [5.41, 5.74) is 1.30. The van der Waals surface area contributed by atoms with Crippen molar-refractivity contribution in [2.24, 2.45) is 0 Å². The fourth-order valence-electron chi connectivity index (χ4n) is 1.82. The Bertz CT molecular complexity index is 446. The van der Waals surface area contributed by atoms with Gasteiger partial charge in [0.05, 0.1) is 11.1 Å². The maximum atomic E-state index is 11.1. The van der Waals surface area contributed by atoms with E-state index in [1.807, 2.05) is 6.92 Å². The van der Waals surface area contributed by atoms with Crippen molar-refractivity contribution in [3.8, 4) is 0 Å². The van der Waals surface area contributed by atoms with Crippen molar-refractivity contribution in [1.29, 1.82) is 0 Å². The van der Waals surface area contributed by atoms with Crippen molar-refractivity contribution >= 4 is 11.9 Å². The first-order chi connectivity index (χ1) is 7.52. The largest absolute Gasteiger partial charge is 1.00 e. The molecule has 0 saturated heterocycles. The molecule has 0 aliphatic carbocycles. The van der Waals surface area contributed by atoms with Crippen LogP contribution in [0.4, 0.5) is 0 Å². The maximum absolute atomic E-state index is 11.1. The van der Waals surface area contributed by atoms with E-state index >= 15 is 0 Å². The van der Waals surface area contributed by atoms with E-state index in [-0.39, 0.29) is 42.1 Å². The Hall–Kier alpha value is -0.840. The van der Waals surface area contributed by atoms with E-state index in [1.165, 1.54) is 6.07 Å². The number of carboxylic acids is 2. The molecule has 0 heterocycles. The predicted molar refractivity (Wildman–Crippen MR) is 60.2 cm³/mol. The molecular formula is C12H15NaO4. The number of rotatable bonds is 4. The predicted octanol–water partition coefficient (Wildman–Crippen LogP) is -0.676. The normalized spacial score (nSPS) is 9.53. The summed E-state index contributed by atoms with van der Waals surface area (Å²) in [5.74, 6) is -2.14. The summed E-state index contributed by atoms with van der Waals surface area (Å²) in [6, 6.07) is 3.05. The fourth-order valence-corrected chi connectivity index (χ4v) is 1.82. The Morgan fingerprint density at radius 1 is 1.12 bits per heavy atom. The van der Waals surface area contributed by atoms with Crippen LogP contribution in [-0.4, -0.2) is 22.2 Å². The second-order valence-corrected chi connectivity index (χ2v) is 3.44. The molecule has 0 fully saturated rings. The molecule has 0 aromatic heterocycles. The van der Waals surface area contributed by atoms with Crippen LogP contribution >= 0.6 is 0 Å². The van der Waals surface area contributed by atoms with Crippen LogP contribution in [0.25, 0.3) is 0 Å². The van der Waals surface area contributed by atoms with Crippen LogP contribution in [0, 0.1) is 0 Å². The Morgan fingerprint density at radius 2 is 1.71 bits per heavy atom. The van der Waals surface area contributed by atoms with Crippen LogP contribution in [0.2, 0.25) is 0 Å². The van der Waals surface area contributed by atoms with Crippen LogP contribution in [0.1, 0.15) is 47.1 Å². The van der Waals surface area contributed by atoms with Gasteiger partial charge in [-0.05, 0) is 30.0 Å². The van der Waals surface area contributed by atoms with Crippen LogP contribution in [0.5, 0.6) is 0 Å². The first kappa shape index (κ1) is 16.2. The zero-order chi connectivity index (χ0) is 12.3. The third-order valence-corrected chi connectivity index (χ3v) is 2.58. The molecule has 1 aromatic rings. The van der Waals surface area contributed by atoms with Crippen LogP contribution in [-0.2, 0) is 12.8 Å². The van der Waals surface area contributed by atoms with E-state index < -0.39 is 11.9 Å². The molecule has 0 aliphatic heterocycles. The Labute approximate surface area is 123 Å². The van der Waals surface area contributed by atoms with Gasteiger partial charge in [-0.2, -0.15) is 0 Å². The number of aryl methyl sites for hydroxylation is 1. The number of carboxylic acid groups (broad SMARTS) is 2. The molecule has 0 radical (unpaired) electrons. The molecule has 0 atom stereocenters. The zero-order valence-electron chi connectivity index (χ0n) is 11.3. The molecule has 1 rings (SSSR count). The molecule has 4 nitrogen and oxygen atoms in total. The van der Waals surface area contributed by atoms with Gasteiger partial charge >= 0.3 is 41.5 Å². The molecule has 0 aliphatic rings. The minimum Gasteiger partial charge on any atom is -1.00 e. The molecule has 5 heteroatoms. The maximum Gasteiger partial charge on any atom is 1.00 e. The van der Waals surface area contributed by atoms with E-state index in [1.54, 1.807) is 13.0 Å². The standard InChI is InChI=1S/C12H14O4.Na.H/c1-3-7-5-6-9(11(13)14)8(4-2)10(7)12(15)16;;/h5-6H,3-4H2,1-2H3,(H,13,14)(H,15,16);;/q;+1;-1. The van der Waals surface area contributed by atoms with Gasteiger partial charge in [-0.15, -0.1) is 0 Å². The SMILES string of the molecule is CCc1ccc(C(=O)O)c(CC)c1C(=O)O.[H-].[Na+]. The van der Waals surface area contributed by atoms with Crippen molar-refractivity contribution in [2.45, 2.75) is 26.7 Å². The second-order valence-electron chi connectivity index (χ2n) is 3.44. The minimum atomic E-state index is -1.08. The Morgan fingerprint density at radius 3 is 2.06 bits per heavy atom. The molecule has 17 heavy (non-hydrogen) atoms. The number of carbonyl (C=O) groups is 2. The van der Waals surface area contributed by atoms with E-state index in [0.717, 1.165) is 0 Å². The summed E-state index contributed by atoms with van der Waals surface area (Å²) >= 11 is 0. The van der Waals surface area contributed by atoms with Gasteiger partial charge in [-0.25, -0.2) is 9.59 Å². The minimum absolute atomic E-state index is 0. The molecule has 2 N–H and O–H groups in total. The molecule has 1 aromatic carbocycles. The molecular weight excluding hydrogens is 231 g/mol. The smallest absolute Gasteiger partial charge is 1.00 e. The van der Waals surface area contributed by atoms with Crippen molar-refractivity contribution < 1.29 is 50.8 Å². The van der Waals surface area contributed by atoms with Crippen molar-refractivity contribution in [2.75, 3.05) is 0 Å². The summed E-state index contributed by atoms with van der Waals surface area (Å²) in [5, 5.41) is 18.1. The average molecular weight is 246 g/mol. The zero-order valence-corrected chi connectivity index (χ0v) is 12.3. The first-order valence-corrected chi connectivity index (χ1v) is 5.14. The van der Waals surface area contributed by atoms with Crippen molar-refractivity contribution in [3.05, 3.63) is 34.4 Å². The number of hydrogen-bond donors (Lipinski definition) is 2. The first-order valence-electron chi connectivity index (χ1n) is 5.14. The van der Waals surface area contributed by atoms with Gasteiger partial charge in [0.25, 0.3) is 0 Å². The number of benzene rings is 1. The number of hydrogen-bond acceptors (Lipinski definition) is 2. The fraction of sp³-hybridized carbons (Fsp3) is 0.333. The van der Waals surface area contributed by atoms with E-state index in [0.29, 0.717) is 24.0 Å². The third kappa shape index (κ3) is 3.31. The van der Waals surface area contributed by atoms with E-state index in [2.05, 4.69) is 0 Å². The summed E-state index contributed by atoms with van der Waals surface area (Å²) in [6.45, 7) is 3.61. The van der Waals surface area contributed by atoms with Crippen LogP contribution < -0.4 is 29.6 Å². The van der Waals surface area contributed by atoms with Crippen LogP contribution in [0.3, 0.4) is 0 Å². The van der Waals surface area contributed by atoms with Gasteiger partial charge in [-0.1, -0.05) is 19.9 Å². The third-order valence-electron chi connectivity index (χ3n) is 2.58. The number of aromatic carboxylic acids is 2. The second kappa shape index (κ2) is 6.79. The van der Waals surface area contributed by atoms with Crippen molar-refractivity contribution in [1.82, 2.24) is 0 Å². The topological polar surface area (TPSA) is 74.6 Å². The molecule has 0 amide bonds. The van der Waals surface area contributed by atoms with Gasteiger partial charge < -0.3 is 11.6 Å². The molecule has 0 spiro atoms. The Kier molecular flexibility index (Phi) is 6.45. The van der Waals surface area contributed by atoms with Crippen molar-refractivity contribution in [3.63, 3.8) is 0 Å². The summed E-state index contributed by atoms with van der Waals surface area (Å²) < 4.78 is 0. The van der Waals surface area contributed by atoms with Crippen LogP contribution in [0.15, 0.2) is 12.1 Å². The van der Waals surface area contributed by atoms with Gasteiger partial charge in [0, 0.05) is 0 Å². The van der Waals surface area contributed by atoms with Gasteiger partial charge in [-0.3, -0.25) is 0 Å². The van der Waals surface area contributed by atoms with E-state index in [9.17, 15) is 9.59 Å². The van der Waals surface area contributed by atoms with Gasteiger partial charge in [0.2, 0.25) is 0 Å². The quantitative estimate of drug-likeness (QED) is 0.691. The molecule has 0 saturated carbocycles. The average Bonchev–Trinajstić information content (AvgIpc) is 2.26. The monoisotopic (exact) mass is 246 g/mol. The Balaban J connectivity index is 0. The molecule has 0 unspecified atom stereocenters. The summed E-state index contributed by atoms with van der Waals surface area (Å²) in [4.78, 5) is 22.1. The summed E-state index contributed by atoms with van der Waals surface area (Å²) in [6.07, 6.45) is 0.978. The molecule has 88 valence electrons.